The Morgan fingerprint density at radius 1 is 0.952 bits per heavy atom. The van der Waals surface area contributed by atoms with Gasteiger partial charge in [-0.05, 0) is 23.6 Å². The summed E-state index contributed by atoms with van der Waals surface area (Å²) in [5.74, 6) is 1.56. The van der Waals surface area contributed by atoms with E-state index in [2.05, 4.69) is 42.2 Å². The summed E-state index contributed by atoms with van der Waals surface area (Å²) < 4.78 is 5.75. The molecule has 4 heteroatoms. The van der Waals surface area contributed by atoms with E-state index in [-0.39, 0.29) is 29.6 Å². The van der Waals surface area contributed by atoms with Crippen molar-refractivity contribution in [2.24, 2.45) is 0 Å². The number of hydrogen-bond acceptors (Lipinski definition) is 3. The van der Waals surface area contributed by atoms with E-state index >= 15 is 0 Å². The maximum atomic E-state index is 5.75. The Kier molecular flexibility index (Phi) is 5.34. The molecule has 0 saturated heterocycles. The monoisotopic (exact) mass is 286 g/mol. The zero-order chi connectivity index (χ0) is 13.9. The quantitative estimate of drug-likeness (QED) is 0.538. The largest absolute Gasteiger partial charge is 1.00 e. The average molecular weight is 286 g/mol. The first kappa shape index (κ1) is 16.0. The number of nitrogens with zero attached hydrogens (tertiary/aromatic N) is 2. The van der Waals surface area contributed by atoms with Gasteiger partial charge in [0.1, 0.15) is 0 Å². The maximum absolute atomic E-state index is 5.75. The molecule has 0 aliphatic carbocycles. The van der Waals surface area contributed by atoms with Crippen LogP contribution in [0, 0.1) is 6.07 Å². The summed E-state index contributed by atoms with van der Waals surface area (Å²) in [7, 11) is 0. The summed E-state index contributed by atoms with van der Waals surface area (Å²) in [5, 5.41) is 8.24. The molecule has 0 amide bonds. The van der Waals surface area contributed by atoms with Gasteiger partial charge in [-0.2, -0.15) is 30.3 Å². The summed E-state index contributed by atoms with van der Waals surface area (Å²) in [6.45, 7) is 4.33. The van der Waals surface area contributed by atoms with Crippen molar-refractivity contribution in [3.8, 4) is 22.9 Å². The van der Waals surface area contributed by atoms with Gasteiger partial charge in [-0.1, -0.05) is 31.5 Å². The first-order valence-electron chi connectivity index (χ1n) is 6.64. The van der Waals surface area contributed by atoms with Crippen LogP contribution in [0.4, 0.5) is 0 Å². The second kappa shape index (κ2) is 7.03. The molecule has 0 atom stereocenters. The standard InChI is InChI=1S/C17H15N2O.Na/c1-12(2)14-9-6-10-15(11-14)17-19-18-16(20-17)13-7-4-3-5-8-13;/h4-12H,1-2H3;/q-1;+1. The van der Waals surface area contributed by atoms with E-state index in [1.807, 2.05) is 36.4 Å². The van der Waals surface area contributed by atoms with Crippen LogP contribution in [0.15, 0.2) is 52.9 Å². The van der Waals surface area contributed by atoms with E-state index in [1.54, 1.807) is 0 Å². The molecule has 0 N–H and O–H groups in total. The first-order valence-corrected chi connectivity index (χ1v) is 6.64. The van der Waals surface area contributed by atoms with Gasteiger partial charge in [0.15, 0.2) is 0 Å². The Morgan fingerprint density at radius 2 is 1.62 bits per heavy atom. The molecule has 0 saturated carbocycles. The van der Waals surface area contributed by atoms with Crippen LogP contribution in [0.5, 0.6) is 0 Å². The second-order valence-electron chi connectivity index (χ2n) is 4.98. The number of rotatable bonds is 3. The Bertz CT molecular complexity index is 708. The third-order valence-corrected chi connectivity index (χ3v) is 3.19. The van der Waals surface area contributed by atoms with Gasteiger partial charge in [-0.25, -0.2) is 0 Å². The van der Waals surface area contributed by atoms with E-state index in [4.69, 9.17) is 4.42 Å². The van der Waals surface area contributed by atoms with E-state index < -0.39 is 0 Å². The van der Waals surface area contributed by atoms with Crippen LogP contribution < -0.4 is 29.6 Å². The number of hydrogen-bond donors (Lipinski definition) is 0. The van der Waals surface area contributed by atoms with Crippen LogP contribution >= 0.6 is 0 Å². The van der Waals surface area contributed by atoms with Gasteiger partial charge in [0.25, 0.3) is 0 Å². The predicted octanol–water partition coefficient (Wildman–Crippen LogP) is 1.33. The summed E-state index contributed by atoms with van der Waals surface area (Å²) in [5.41, 5.74) is 3.12. The normalized spacial score (nSPS) is 10.4. The van der Waals surface area contributed by atoms with Gasteiger partial charge in [-0.15, -0.1) is 10.2 Å². The molecule has 3 rings (SSSR count). The fraction of sp³-hybridized carbons (Fsp3) is 0.176. The Labute approximate surface area is 146 Å². The van der Waals surface area contributed by atoms with Crippen molar-refractivity contribution in [3.05, 3.63) is 60.2 Å². The molecule has 1 heterocycles. The minimum atomic E-state index is 0. The fourth-order valence-corrected chi connectivity index (χ4v) is 2.02. The molecule has 3 nitrogen and oxygen atoms in total. The van der Waals surface area contributed by atoms with E-state index in [9.17, 15) is 0 Å². The minimum absolute atomic E-state index is 0. The maximum Gasteiger partial charge on any atom is 1.00 e. The molecule has 0 aliphatic rings. The zero-order valence-electron chi connectivity index (χ0n) is 12.5. The zero-order valence-corrected chi connectivity index (χ0v) is 14.5. The average Bonchev–Trinajstić information content (AvgIpc) is 2.98. The molecule has 0 fully saturated rings. The second-order valence-corrected chi connectivity index (χ2v) is 4.98. The van der Waals surface area contributed by atoms with Crippen LogP contribution in [0.25, 0.3) is 22.9 Å². The van der Waals surface area contributed by atoms with Crippen LogP contribution in [-0.4, -0.2) is 10.2 Å². The van der Waals surface area contributed by atoms with Crippen LogP contribution in [-0.2, 0) is 0 Å². The SMILES string of the molecule is CC(C)c1cccc(-c2nnc(-c3cc[c-]cc3)o2)c1.[Na+]. The smallest absolute Gasteiger partial charge is 0.418 e. The van der Waals surface area contributed by atoms with Crippen LogP contribution in [0.2, 0.25) is 0 Å². The van der Waals surface area contributed by atoms with Crippen LogP contribution in [0.3, 0.4) is 0 Å². The molecular formula is C17H15N2NaO. The third kappa shape index (κ3) is 3.62. The molecular weight excluding hydrogens is 271 g/mol. The topological polar surface area (TPSA) is 38.9 Å². The molecule has 0 spiro atoms. The molecule has 100 valence electrons. The van der Waals surface area contributed by atoms with Crippen molar-refractivity contribution >= 4 is 0 Å². The van der Waals surface area contributed by atoms with Crippen molar-refractivity contribution in [2.45, 2.75) is 19.8 Å². The van der Waals surface area contributed by atoms with Crippen LogP contribution in [0.1, 0.15) is 25.3 Å². The number of benzene rings is 2. The van der Waals surface area contributed by atoms with Gasteiger partial charge in [-0.3, -0.25) is 0 Å². The van der Waals surface area contributed by atoms with Gasteiger partial charge in [0, 0.05) is 5.56 Å². The van der Waals surface area contributed by atoms with Gasteiger partial charge in [0.05, 0.1) is 0 Å². The first-order chi connectivity index (χ1) is 9.74. The summed E-state index contributed by atoms with van der Waals surface area (Å²) in [6, 6.07) is 18.7. The van der Waals surface area contributed by atoms with Crippen molar-refractivity contribution in [2.75, 3.05) is 0 Å². The molecule has 2 aromatic carbocycles. The van der Waals surface area contributed by atoms with Crippen molar-refractivity contribution in [1.82, 2.24) is 10.2 Å². The molecule has 0 aliphatic heterocycles. The molecule has 0 bridgehead atoms. The Hall–Kier alpha value is -1.42. The third-order valence-electron chi connectivity index (χ3n) is 3.19. The Morgan fingerprint density at radius 3 is 2.29 bits per heavy atom. The van der Waals surface area contributed by atoms with E-state index in [1.165, 1.54) is 5.56 Å². The van der Waals surface area contributed by atoms with Gasteiger partial charge >= 0.3 is 29.6 Å². The van der Waals surface area contributed by atoms with Crippen molar-refractivity contribution in [1.29, 1.82) is 0 Å². The van der Waals surface area contributed by atoms with Gasteiger partial charge in [0.2, 0.25) is 11.8 Å². The molecule has 21 heavy (non-hydrogen) atoms. The molecule has 3 aromatic rings. The summed E-state index contributed by atoms with van der Waals surface area (Å²) >= 11 is 0. The van der Waals surface area contributed by atoms with Crippen molar-refractivity contribution < 1.29 is 34.0 Å². The van der Waals surface area contributed by atoms with E-state index in [0.29, 0.717) is 17.7 Å². The molecule has 0 radical (unpaired) electrons. The molecule has 1 aromatic heterocycles. The van der Waals surface area contributed by atoms with E-state index in [0.717, 1.165) is 11.1 Å². The molecule has 0 unspecified atom stereocenters. The number of aromatic nitrogens is 2. The fourth-order valence-electron chi connectivity index (χ4n) is 2.02. The minimum Gasteiger partial charge on any atom is -0.418 e. The summed E-state index contributed by atoms with van der Waals surface area (Å²) in [4.78, 5) is 0. The Balaban J connectivity index is 0.00000161. The van der Waals surface area contributed by atoms with Gasteiger partial charge < -0.3 is 4.42 Å². The van der Waals surface area contributed by atoms with Crippen molar-refractivity contribution in [3.63, 3.8) is 0 Å². The summed E-state index contributed by atoms with van der Waals surface area (Å²) in [6.07, 6.45) is 0. The predicted molar refractivity (Wildman–Crippen MR) is 78.1 cm³/mol.